The zero-order valence-corrected chi connectivity index (χ0v) is 18.1. The maximum Gasteiger partial charge on any atom is 0.118 e. The first kappa shape index (κ1) is 21.1. The second kappa shape index (κ2) is 10.3. The van der Waals surface area contributed by atoms with Gasteiger partial charge in [0.1, 0.15) is 5.75 Å². The molecule has 0 amide bonds. The van der Waals surface area contributed by atoms with Gasteiger partial charge in [-0.25, -0.2) is 0 Å². The maximum atomic E-state index is 5.23. The number of ether oxygens (including phenoxy) is 1. The van der Waals surface area contributed by atoms with Crippen molar-refractivity contribution in [3.8, 4) is 5.75 Å². The largest absolute Gasteiger partial charge is 0.497 e. The molecule has 0 saturated heterocycles. The monoisotopic (exact) mass is 387 g/mol. The Kier molecular flexibility index (Phi) is 7.49. The van der Waals surface area contributed by atoms with Crippen LogP contribution in [0.15, 0.2) is 59.8 Å². The van der Waals surface area contributed by atoms with Gasteiger partial charge in [0.15, 0.2) is 0 Å². The quantitative estimate of drug-likeness (QED) is 0.493. The van der Waals surface area contributed by atoms with Crippen molar-refractivity contribution < 1.29 is 4.74 Å². The summed E-state index contributed by atoms with van der Waals surface area (Å²) < 4.78 is 5.23. The van der Waals surface area contributed by atoms with E-state index in [1.165, 1.54) is 55.4 Å². The minimum atomic E-state index is 0.348. The van der Waals surface area contributed by atoms with Crippen molar-refractivity contribution in [1.82, 2.24) is 0 Å². The number of hydrogen-bond acceptors (Lipinski definition) is 2. The zero-order valence-electron chi connectivity index (χ0n) is 18.1. The predicted molar refractivity (Wildman–Crippen MR) is 125 cm³/mol. The van der Waals surface area contributed by atoms with E-state index < -0.39 is 0 Å². The van der Waals surface area contributed by atoms with E-state index in [9.17, 15) is 0 Å². The van der Waals surface area contributed by atoms with Crippen molar-refractivity contribution in [2.24, 2.45) is 4.99 Å². The Hall–Kier alpha value is -2.57. The molecule has 1 saturated carbocycles. The third-order valence-electron chi connectivity index (χ3n) is 6.00. The van der Waals surface area contributed by atoms with Crippen LogP contribution in [0.3, 0.4) is 0 Å². The van der Waals surface area contributed by atoms with Crippen LogP contribution in [0.5, 0.6) is 5.75 Å². The number of benzene rings is 2. The number of rotatable bonds is 4. The van der Waals surface area contributed by atoms with E-state index in [0.29, 0.717) is 5.92 Å². The molecular weight excluding hydrogens is 354 g/mol. The molecule has 29 heavy (non-hydrogen) atoms. The molecule has 0 aromatic heterocycles. The van der Waals surface area contributed by atoms with Crippen molar-refractivity contribution in [3.05, 3.63) is 71.5 Å². The van der Waals surface area contributed by atoms with Gasteiger partial charge in [-0.15, -0.1) is 5.73 Å². The van der Waals surface area contributed by atoms with E-state index in [2.05, 4.69) is 49.6 Å². The summed E-state index contributed by atoms with van der Waals surface area (Å²) in [6.45, 7) is 7.86. The fourth-order valence-electron chi connectivity index (χ4n) is 4.08. The Labute approximate surface area is 176 Å². The summed E-state index contributed by atoms with van der Waals surface area (Å²) in [5.74, 6) is 1.24. The summed E-state index contributed by atoms with van der Waals surface area (Å²) in [4.78, 5) is 4.77. The zero-order chi connectivity index (χ0) is 20.6. The van der Waals surface area contributed by atoms with Crippen LogP contribution >= 0.6 is 0 Å². The second-order valence-electron chi connectivity index (χ2n) is 8.05. The van der Waals surface area contributed by atoms with Gasteiger partial charge in [0.25, 0.3) is 0 Å². The molecule has 0 N–H and O–H groups in total. The minimum absolute atomic E-state index is 0.348. The Morgan fingerprint density at radius 1 is 1.03 bits per heavy atom. The fraction of sp³-hybridized carbons (Fsp3) is 0.407. The molecule has 2 aliphatic rings. The lowest BCUT2D eigenvalue weighted by molar-refractivity contribution is 0.414. The molecule has 1 fully saturated rings. The van der Waals surface area contributed by atoms with Crippen LogP contribution in [0.2, 0.25) is 0 Å². The standard InChI is InChI=1S/C21H21NO.C6H12/c1-5-14(2)17-8-11-19-20(15(3)22-21(19)13-17)12-16-6-9-18(23-4)10-7-16;1-2-4-6-5-3-1/h6-11,13,20H,1,12H2,2-4H3;1-6H2. The highest BCUT2D eigenvalue weighted by atomic mass is 16.5. The number of allylic oxidation sites excluding steroid dienone is 1. The van der Waals surface area contributed by atoms with Crippen LogP contribution in [-0.2, 0) is 6.42 Å². The normalized spacial score (nSPS) is 17.3. The minimum Gasteiger partial charge on any atom is -0.497 e. The van der Waals surface area contributed by atoms with E-state index in [-0.39, 0.29) is 0 Å². The molecule has 0 radical (unpaired) electrons. The lowest BCUT2D eigenvalue weighted by Crippen LogP contribution is -2.08. The molecule has 1 aliphatic heterocycles. The van der Waals surface area contributed by atoms with Crippen molar-refractivity contribution in [1.29, 1.82) is 0 Å². The number of aliphatic imine (C=N–C) groups is 1. The van der Waals surface area contributed by atoms with Gasteiger partial charge in [-0.05, 0) is 60.7 Å². The summed E-state index contributed by atoms with van der Waals surface area (Å²) >= 11 is 0. The molecule has 4 rings (SSSR count). The third kappa shape index (κ3) is 5.49. The number of hydrogen-bond donors (Lipinski definition) is 0. The maximum absolute atomic E-state index is 5.23. The molecule has 0 spiro atoms. The second-order valence-corrected chi connectivity index (χ2v) is 8.05. The van der Waals surface area contributed by atoms with Gasteiger partial charge >= 0.3 is 0 Å². The van der Waals surface area contributed by atoms with Gasteiger partial charge in [0.05, 0.1) is 12.8 Å². The smallest absolute Gasteiger partial charge is 0.118 e. The van der Waals surface area contributed by atoms with Gasteiger partial charge in [-0.1, -0.05) is 69.4 Å². The van der Waals surface area contributed by atoms with Crippen LogP contribution in [0, 0.1) is 0 Å². The van der Waals surface area contributed by atoms with E-state index in [1.807, 2.05) is 19.1 Å². The molecule has 1 unspecified atom stereocenters. The predicted octanol–water partition coefficient (Wildman–Crippen LogP) is 7.66. The Morgan fingerprint density at radius 2 is 1.66 bits per heavy atom. The average molecular weight is 388 g/mol. The Morgan fingerprint density at radius 3 is 2.21 bits per heavy atom. The van der Waals surface area contributed by atoms with E-state index in [1.54, 1.807) is 7.11 Å². The highest BCUT2D eigenvalue weighted by Gasteiger charge is 2.24. The summed E-state index contributed by atoms with van der Waals surface area (Å²) in [6.07, 6.45) is 9.96. The third-order valence-corrected chi connectivity index (χ3v) is 6.00. The molecule has 1 heterocycles. The van der Waals surface area contributed by atoms with Crippen molar-refractivity contribution in [2.75, 3.05) is 7.11 Å². The van der Waals surface area contributed by atoms with Gasteiger partial charge in [-0.2, -0.15) is 0 Å². The van der Waals surface area contributed by atoms with Gasteiger partial charge in [0.2, 0.25) is 0 Å². The summed E-state index contributed by atoms with van der Waals surface area (Å²) in [5.41, 5.74) is 10.00. The first-order valence-corrected chi connectivity index (χ1v) is 10.8. The van der Waals surface area contributed by atoms with Gasteiger partial charge in [0, 0.05) is 11.6 Å². The van der Waals surface area contributed by atoms with Crippen molar-refractivity contribution in [2.45, 2.75) is 64.7 Å². The summed E-state index contributed by atoms with van der Waals surface area (Å²) in [7, 11) is 1.69. The first-order valence-electron chi connectivity index (χ1n) is 10.8. The number of methoxy groups -OCH3 is 1. The highest BCUT2D eigenvalue weighted by Crippen LogP contribution is 2.39. The van der Waals surface area contributed by atoms with Crippen LogP contribution in [0.1, 0.15) is 75.0 Å². The highest BCUT2D eigenvalue weighted by molar-refractivity contribution is 5.97. The summed E-state index contributed by atoms with van der Waals surface area (Å²) in [6, 6.07) is 14.8. The molecule has 0 bridgehead atoms. The average Bonchev–Trinajstić information content (AvgIpc) is 3.09. The van der Waals surface area contributed by atoms with Gasteiger partial charge in [-0.3, -0.25) is 4.99 Å². The van der Waals surface area contributed by atoms with Crippen molar-refractivity contribution >= 4 is 17.0 Å². The molecular formula is C27H33NO. The van der Waals surface area contributed by atoms with Crippen LogP contribution in [-0.4, -0.2) is 12.8 Å². The molecule has 152 valence electrons. The number of fused-ring (bicyclic) bond motifs is 1. The van der Waals surface area contributed by atoms with E-state index in [0.717, 1.165) is 29.0 Å². The van der Waals surface area contributed by atoms with Crippen LogP contribution < -0.4 is 4.74 Å². The first-order chi connectivity index (χ1) is 14.1. The van der Waals surface area contributed by atoms with E-state index in [4.69, 9.17) is 9.73 Å². The number of nitrogens with zero attached hydrogens (tertiary/aromatic N) is 1. The van der Waals surface area contributed by atoms with Crippen LogP contribution in [0.25, 0.3) is 5.57 Å². The Bertz CT molecular complexity index is 885. The lowest BCUT2D eigenvalue weighted by Gasteiger charge is -2.13. The molecule has 1 aliphatic carbocycles. The summed E-state index contributed by atoms with van der Waals surface area (Å²) in [5, 5.41) is 0. The lowest BCUT2D eigenvalue weighted by atomic mass is 9.89. The van der Waals surface area contributed by atoms with Crippen LogP contribution in [0.4, 0.5) is 5.69 Å². The molecule has 2 aromatic carbocycles. The Balaban J connectivity index is 0.000000343. The molecule has 2 nitrogen and oxygen atoms in total. The molecule has 2 aromatic rings. The topological polar surface area (TPSA) is 21.6 Å². The van der Waals surface area contributed by atoms with E-state index >= 15 is 0 Å². The fourth-order valence-corrected chi connectivity index (χ4v) is 4.08. The SMILES string of the molecule is C1CCCCC1.C=C=C(C)c1ccc2c(c1)N=C(C)C2Cc1ccc(OC)cc1. The molecule has 2 heteroatoms. The van der Waals surface area contributed by atoms with Gasteiger partial charge < -0.3 is 4.74 Å². The molecule has 1 atom stereocenters. The van der Waals surface area contributed by atoms with Crippen molar-refractivity contribution in [3.63, 3.8) is 0 Å².